The predicted octanol–water partition coefficient (Wildman–Crippen LogP) is 3.33. The lowest BCUT2D eigenvalue weighted by Crippen LogP contribution is -2.38. The molecule has 0 saturated carbocycles. The number of nitrogens with one attached hydrogen (secondary N) is 1. The fraction of sp³-hybridized carbons (Fsp3) is 0.316. The SMILES string of the molecule is N#Cc1ccccc1OC[C@@H]1CNCC[C@H]1c1ccccc1. The summed E-state index contributed by atoms with van der Waals surface area (Å²) in [6.07, 6.45) is 1.12. The molecule has 1 saturated heterocycles. The van der Waals surface area contributed by atoms with Crippen LogP contribution in [0.4, 0.5) is 0 Å². The van der Waals surface area contributed by atoms with Crippen molar-refractivity contribution in [2.24, 2.45) is 5.92 Å². The lowest BCUT2D eigenvalue weighted by atomic mass is 9.81. The summed E-state index contributed by atoms with van der Waals surface area (Å²) in [6.45, 7) is 2.63. The molecule has 2 aromatic rings. The van der Waals surface area contributed by atoms with Gasteiger partial charge in [-0.2, -0.15) is 5.26 Å². The molecule has 112 valence electrons. The van der Waals surface area contributed by atoms with Crippen LogP contribution < -0.4 is 10.1 Å². The number of nitriles is 1. The maximum atomic E-state index is 9.14. The average molecular weight is 292 g/mol. The van der Waals surface area contributed by atoms with Crippen molar-refractivity contribution in [3.8, 4) is 11.8 Å². The summed E-state index contributed by atoms with van der Waals surface area (Å²) in [5.74, 6) is 1.61. The van der Waals surface area contributed by atoms with Gasteiger partial charge in [-0.25, -0.2) is 0 Å². The summed E-state index contributed by atoms with van der Waals surface area (Å²) >= 11 is 0. The molecule has 3 nitrogen and oxygen atoms in total. The van der Waals surface area contributed by atoms with Gasteiger partial charge in [0.05, 0.1) is 12.2 Å². The molecule has 1 heterocycles. The Kier molecular flexibility index (Phi) is 4.72. The van der Waals surface area contributed by atoms with Gasteiger partial charge in [0.15, 0.2) is 0 Å². The number of rotatable bonds is 4. The Morgan fingerprint density at radius 1 is 1.09 bits per heavy atom. The minimum absolute atomic E-state index is 0.419. The Balaban J connectivity index is 1.71. The number of hydrogen-bond donors (Lipinski definition) is 1. The van der Waals surface area contributed by atoms with Crippen molar-refractivity contribution in [3.05, 3.63) is 65.7 Å². The fourth-order valence-corrected chi connectivity index (χ4v) is 3.12. The number of nitrogens with zero attached hydrogens (tertiary/aromatic N) is 1. The summed E-state index contributed by atoms with van der Waals surface area (Å²) in [6, 6.07) is 20.3. The molecule has 2 aromatic carbocycles. The first-order valence-corrected chi connectivity index (χ1v) is 7.76. The summed E-state index contributed by atoms with van der Waals surface area (Å²) in [4.78, 5) is 0. The zero-order valence-corrected chi connectivity index (χ0v) is 12.5. The van der Waals surface area contributed by atoms with E-state index < -0.39 is 0 Å². The summed E-state index contributed by atoms with van der Waals surface area (Å²) in [5.41, 5.74) is 1.98. The maximum Gasteiger partial charge on any atom is 0.137 e. The van der Waals surface area contributed by atoms with Gasteiger partial charge in [-0.1, -0.05) is 42.5 Å². The monoisotopic (exact) mass is 292 g/mol. The number of para-hydroxylation sites is 1. The first kappa shape index (κ1) is 14.6. The standard InChI is InChI=1S/C19H20N2O/c20-12-16-8-4-5-9-19(16)22-14-17-13-21-11-10-18(17)15-6-2-1-3-7-15/h1-9,17-18,21H,10-11,13-14H2/t17-,18-/m0/s1. The lowest BCUT2D eigenvalue weighted by molar-refractivity contribution is 0.196. The molecule has 0 spiro atoms. The molecule has 0 unspecified atom stereocenters. The van der Waals surface area contributed by atoms with Gasteiger partial charge in [0, 0.05) is 12.5 Å². The van der Waals surface area contributed by atoms with E-state index in [1.807, 2.05) is 18.2 Å². The summed E-state index contributed by atoms with van der Waals surface area (Å²) in [5, 5.41) is 12.6. The molecule has 0 bridgehead atoms. The van der Waals surface area contributed by atoms with Crippen molar-refractivity contribution in [2.45, 2.75) is 12.3 Å². The third kappa shape index (κ3) is 3.29. The van der Waals surface area contributed by atoms with Crippen LogP contribution in [0.3, 0.4) is 0 Å². The van der Waals surface area contributed by atoms with Crippen molar-refractivity contribution < 1.29 is 4.74 Å². The quantitative estimate of drug-likeness (QED) is 0.940. The van der Waals surface area contributed by atoms with E-state index >= 15 is 0 Å². The fourth-order valence-electron chi connectivity index (χ4n) is 3.12. The molecule has 2 atom stereocenters. The Hall–Kier alpha value is -2.31. The molecule has 1 aliphatic rings. The third-order valence-corrected chi connectivity index (χ3v) is 4.30. The van der Waals surface area contributed by atoms with Crippen LogP contribution in [0.5, 0.6) is 5.75 Å². The van der Waals surface area contributed by atoms with Gasteiger partial charge < -0.3 is 10.1 Å². The zero-order chi connectivity index (χ0) is 15.2. The van der Waals surface area contributed by atoms with Crippen LogP contribution >= 0.6 is 0 Å². The zero-order valence-electron chi connectivity index (χ0n) is 12.5. The van der Waals surface area contributed by atoms with Gasteiger partial charge >= 0.3 is 0 Å². The highest BCUT2D eigenvalue weighted by Gasteiger charge is 2.27. The minimum Gasteiger partial charge on any atom is -0.492 e. The number of piperidine rings is 1. The predicted molar refractivity (Wildman–Crippen MR) is 86.8 cm³/mol. The van der Waals surface area contributed by atoms with Crippen LogP contribution in [-0.4, -0.2) is 19.7 Å². The van der Waals surface area contributed by atoms with Crippen LogP contribution in [0.25, 0.3) is 0 Å². The average Bonchev–Trinajstić information content (AvgIpc) is 2.61. The number of ether oxygens (including phenoxy) is 1. The first-order chi connectivity index (χ1) is 10.9. The van der Waals surface area contributed by atoms with Crippen LogP contribution in [0, 0.1) is 17.2 Å². The van der Waals surface area contributed by atoms with E-state index in [1.165, 1.54) is 5.56 Å². The molecular formula is C19H20N2O. The molecule has 1 aliphatic heterocycles. The molecule has 3 rings (SSSR count). The molecule has 0 aliphatic carbocycles. The minimum atomic E-state index is 0.419. The maximum absolute atomic E-state index is 9.14. The van der Waals surface area contributed by atoms with Crippen molar-refractivity contribution in [2.75, 3.05) is 19.7 Å². The van der Waals surface area contributed by atoms with Crippen molar-refractivity contribution in [1.82, 2.24) is 5.32 Å². The topological polar surface area (TPSA) is 45.0 Å². The van der Waals surface area contributed by atoms with Gasteiger partial charge in [-0.3, -0.25) is 0 Å². The smallest absolute Gasteiger partial charge is 0.137 e. The molecule has 0 aromatic heterocycles. The largest absolute Gasteiger partial charge is 0.492 e. The Morgan fingerprint density at radius 2 is 1.86 bits per heavy atom. The van der Waals surface area contributed by atoms with Gasteiger partial charge in [0.1, 0.15) is 11.8 Å². The number of hydrogen-bond acceptors (Lipinski definition) is 3. The highest BCUT2D eigenvalue weighted by atomic mass is 16.5. The van der Waals surface area contributed by atoms with Gasteiger partial charge in [0.25, 0.3) is 0 Å². The molecule has 1 N–H and O–H groups in total. The summed E-state index contributed by atoms with van der Waals surface area (Å²) in [7, 11) is 0. The van der Waals surface area contributed by atoms with E-state index in [2.05, 4.69) is 41.7 Å². The Bertz CT molecular complexity index is 648. The molecule has 22 heavy (non-hydrogen) atoms. The molecule has 1 fully saturated rings. The van der Waals surface area contributed by atoms with E-state index in [-0.39, 0.29) is 0 Å². The van der Waals surface area contributed by atoms with E-state index in [0.717, 1.165) is 19.5 Å². The van der Waals surface area contributed by atoms with E-state index in [1.54, 1.807) is 6.07 Å². The third-order valence-electron chi connectivity index (χ3n) is 4.30. The highest BCUT2D eigenvalue weighted by molar-refractivity contribution is 5.42. The molecule has 3 heteroatoms. The second kappa shape index (κ2) is 7.11. The van der Waals surface area contributed by atoms with Crippen molar-refractivity contribution in [3.63, 3.8) is 0 Å². The number of benzene rings is 2. The van der Waals surface area contributed by atoms with Crippen LogP contribution in [0.2, 0.25) is 0 Å². The highest BCUT2D eigenvalue weighted by Crippen LogP contribution is 2.31. The lowest BCUT2D eigenvalue weighted by Gasteiger charge is -2.32. The van der Waals surface area contributed by atoms with Crippen LogP contribution in [0.1, 0.15) is 23.5 Å². The van der Waals surface area contributed by atoms with E-state index in [9.17, 15) is 0 Å². The second-order valence-electron chi connectivity index (χ2n) is 5.69. The van der Waals surface area contributed by atoms with E-state index in [0.29, 0.717) is 29.8 Å². The molecule has 0 radical (unpaired) electrons. The second-order valence-corrected chi connectivity index (χ2v) is 5.69. The van der Waals surface area contributed by atoms with Crippen LogP contribution in [0.15, 0.2) is 54.6 Å². The van der Waals surface area contributed by atoms with Crippen molar-refractivity contribution >= 4 is 0 Å². The normalized spacial score (nSPS) is 21.0. The molecule has 0 amide bonds. The van der Waals surface area contributed by atoms with E-state index in [4.69, 9.17) is 10.00 Å². The van der Waals surface area contributed by atoms with Crippen LogP contribution in [-0.2, 0) is 0 Å². The molecular weight excluding hydrogens is 272 g/mol. The van der Waals surface area contributed by atoms with Gasteiger partial charge in [-0.15, -0.1) is 0 Å². The van der Waals surface area contributed by atoms with Gasteiger partial charge in [0.2, 0.25) is 0 Å². The Labute approximate surface area is 131 Å². The first-order valence-electron chi connectivity index (χ1n) is 7.76. The van der Waals surface area contributed by atoms with Crippen molar-refractivity contribution in [1.29, 1.82) is 5.26 Å². The van der Waals surface area contributed by atoms with Gasteiger partial charge in [-0.05, 0) is 36.6 Å². The summed E-state index contributed by atoms with van der Waals surface area (Å²) < 4.78 is 5.96. The Morgan fingerprint density at radius 3 is 2.68 bits per heavy atom.